The summed E-state index contributed by atoms with van der Waals surface area (Å²) in [7, 11) is 0. The number of nitriles is 1. The fourth-order valence-corrected chi connectivity index (χ4v) is 1.69. The zero-order chi connectivity index (χ0) is 16.2. The van der Waals surface area contributed by atoms with E-state index in [9.17, 15) is 18.1 Å². The molecule has 0 atom stereocenters. The van der Waals surface area contributed by atoms with Gasteiger partial charge in [0, 0.05) is 11.4 Å². The van der Waals surface area contributed by atoms with Gasteiger partial charge < -0.3 is 10.1 Å². The van der Waals surface area contributed by atoms with Crippen molar-refractivity contribution in [2.45, 2.75) is 6.36 Å². The zero-order valence-corrected chi connectivity index (χ0v) is 10.9. The molecule has 0 saturated carbocycles. The number of benzene rings is 2. The molecule has 1 N–H and O–H groups in total. The molecule has 2 aromatic rings. The average Bonchev–Trinajstić information content (AvgIpc) is 2.47. The molecule has 8 heteroatoms. The van der Waals surface area contributed by atoms with Crippen LogP contribution in [0.4, 0.5) is 30.2 Å². The fraction of sp³-hybridized carbons (Fsp3) is 0.0714. The van der Waals surface area contributed by atoms with Crippen molar-refractivity contribution in [1.82, 2.24) is 0 Å². The molecule has 0 radical (unpaired) electrons. The number of anilines is 2. The Hall–Kier alpha value is -3.08. The van der Waals surface area contributed by atoms with Gasteiger partial charge in [0.2, 0.25) is 0 Å². The highest BCUT2D eigenvalue weighted by Gasteiger charge is 2.30. The van der Waals surface area contributed by atoms with Crippen LogP contribution in [0.2, 0.25) is 0 Å². The molecule has 0 aliphatic carbocycles. The molecule has 0 aliphatic heterocycles. The summed E-state index contributed by atoms with van der Waals surface area (Å²) in [5, 5.41) is 14.4. The summed E-state index contributed by atoms with van der Waals surface area (Å²) < 4.78 is 39.9. The smallest absolute Gasteiger partial charge is 0.406 e. The molecule has 0 heterocycles. The molecule has 2 aromatic carbocycles. The van der Waals surface area contributed by atoms with Crippen LogP contribution >= 0.6 is 0 Å². The lowest BCUT2D eigenvalue weighted by Gasteiger charge is -2.10. The Morgan fingerprint density at radius 2 is 1.73 bits per heavy atom. The molecule has 0 saturated heterocycles. The lowest BCUT2D eigenvalue weighted by molar-refractivity contribution is -0.274. The Kier molecular flexibility index (Phi) is 4.27. The maximum absolute atomic E-state index is 12.0. The van der Waals surface area contributed by atoms with Gasteiger partial charge in [0.25, 0.3) is 0 Å². The van der Waals surface area contributed by atoms with Gasteiger partial charge in [-0.3, -0.25) is 0 Å². The second-order valence-electron chi connectivity index (χ2n) is 4.13. The van der Waals surface area contributed by atoms with Gasteiger partial charge in [0.15, 0.2) is 0 Å². The summed E-state index contributed by atoms with van der Waals surface area (Å²) in [6.45, 7) is 0. The molecule has 0 fully saturated rings. The Morgan fingerprint density at radius 3 is 2.27 bits per heavy atom. The van der Waals surface area contributed by atoms with Gasteiger partial charge in [-0.05, 0) is 47.6 Å². The molecule has 0 spiro atoms. The predicted octanol–water partition coefficient (Wildman–Crippen LogP) is 4.60. The van der Waals surface area contributed by atoms with Gasteiger partial charge >= 0.3 is 6.36 Å². The van der Waals surface area contributed by atoms with Crippen molar-refractivity contribution in [2.24, 2.45) is 5.18 Å². The summed E-state index contributed by atoms with van der Waals surface area (Å²) in [4.78, 5) is 10.6. The first kappa shape index (κ1) is 15.3. The van der Waals surface area contributed by atoms with Crippen molar-refractivity contribution >= 4 is 17.1 Å². The SMILES string of the molecule is N#Cc1ccc(Nc2ccc(OC(F)(F)F)cc2)cc1N=O. The van der Waals surface area contributed by atoms with Crippen molar-refractivity contribution in [3.8, 4) is 11.8 Å². The highest BCUT2D eigenvalue weighted by molar-refractivity contribution is 5.67. The molecule has 2 rings (SSSR count). The molecule has 5 nitrogen and oxygen atoms in total. The van der Waals surface area contributed by atoms with Crippen LogP contribution in [-0.2, 0) is 0 Å². The first-order valence-electron chi connectivity index (χ1n) is 5.91. The van der Waals surface area contributed by atoms with Crippen LogP contribution in [-0.4, -0.2) is 6.36 Å². The van der Waals surface area contributed by atoms with E-state index in [4.69, 9.17) is 5.26 Å². The number of nitrogens with zero attached hydrogens (tertiary/aromatic N) is 2. The van der Waals surface area contributed by atoms with Crippen LogP contribution in [0, 0.1) is 16.2 Å². The Morgan fingerprint density at radius 1 is 1.09 bits per heavy atom. The topological polar surface area (TPSA) is 74.5 Å². The first-order valence-corrected chi connectivity index (χ1v) is 5.91. The second-order valence-corrected chi connectivity index (χ2v) is 4.13. The predicted molar refractivity (Wildman–Crippen MR) is 73.0 cm³/mol. The van der Waals surface area contributed by atoms with Gasteiger partial charge in [-0.15, -0.1) is 18.1 Å². The summed E-state index contributed by atoms with van der Waals surface area (Å²) in [5.41, 5.74) is 1.06. The molecule has 0 bridgehead atoms. The number of rotatable bonds is 4. The van der Waals surface area contributed by atoms with E-state index >= 15 is 0 Å². The molecule has 0 amide bonds. The van der Waals surface area contributed by atoms with E-state index in [2.05, 4.69) is 15.2 Å². The normalized spacial score (nSPS) is 10.6. The number of nitroso groups, excluding NO2 is 1. The molecular formula is C14H8F3N3O2. The van der Waals surface area contributed by atoms with E-state index in [0.717, 1.165) is 12.1 Å². The third-order valence-electron chi connectivity index (χ3n) is 2.59. The molecule has 112 valence electrons. The molecule has 0 aromatic heterocycles. The van der Waals surface area contributed by atoms with Gasteiger partial charge in [-0.1, -0.05) is 0 Å². The van der Waals surface area contributed by atoms with E-state index in [0.29, 0.717) is 11.4 Å². The quantitative estimate of drug-likeness (QED) is 0.838. The number of hydrogen-bond acceptors (Lipinski definition) is 5. The fourth-order valence-electron chi connectivity index (χ4n) is 1.69. The van der Waals surface area contributed by atoms with Crippen LogP contribution in [0.3, 0.4) is 0 Å². The Balaban J connectivity index is 2.14. The van der Waals surface area contributed by atoms with Gasteiger partial charge in [-0.25, -0.2) is 0 Å². The van der Waals surface area contributed by atoms with Crippen LogP contribution in [0.25, 0.3) is 0 Å². The van der Waals surface area contributed by atoms with Crippen molar-refractivity contribution in [3.63, 3.8) is 0 Å². The minimum Gasteiger partial charge on any atom is -0.406 e. The van der Waals surface area contributed by atoms with Crippen LogP contribution in [0.1, 0.15) is 5.56 Å². The number of halogens is 3. The average molecular weight is 307 g/mol. The molecular weight excluding hydrogens is 299 g/mol. The lowest BCUT2D eigenvalue weighted by atomic mass is 10.1. The van der Waals surface area contributed by atoms with Crippen molar-refractivity contribution in [2.75, 3.05) is 5.32 Å². The molecule has 0 unspecified atom stereocenters. The minimum atomic E-state index is -4.74. The van der Waals surface area contributed by atoms with E-state index in [-0.39, 0.29) is 17.0 Å². The summed E-state index contributed by atoms with van der Waals surface area (Å²) in [5.74, 6) is -0.340. The van der Waals surface area contributed by atoms with Gasteiger partial charge in [-0.2, -0.15) is 5.26 Å². The second kappa shape index (κ2) is 6.13. The van der Waals surface area contributed by atoms with Gasteiger partial charge in [0.1, 0.15) is 17.5 Å². The van der Waals surface area contributed by atoms with E-state index in [1.54, 1.807) is 6.07 Å². The summed E-state index contributed by atoms with van der Waals surface area (Å²) in [6, 6.07) is 11.2. The zero-order valence-electron chi connectivity index (χ0n) is 10.9. The lowest BCUT2D eigenvalue weighted by Crippen LogP contribution is -2.16. The minimum absolute atomic E-state index is 0.0236. The summed E-state index contributed by atoms with van der Waals surface area (Å²) >= 11 is 0. The molecule has 0 aliphatic rings. The third kappa shape index (κ3) is 3.96. The monoisotopic (exact) mass is 307 g/mol. The first-order chi connectivity index (χ1) is 10.4. The van der Waals surface area contributed by atoms with Crippen molar-refractivity contribution in [3.05, 3.63) is 52.9 Å². The summed E-state index contributed by atoms with van der Waals surface area (Å²) in [6.07, 6.45) is -4.74. The van der Waals surface area contributed by atoms with Crippen LogP contribution < -0.4 is 10.1 Å². The number of nitrogens with one attached hydrogen (secondary N) is 1. The Labute approximate surface area is 122 Å². The van der Waals surface area contributed by atoms with Gasteiger partial charge in [0.05, 0.1) is 5.56 Å². The Bertz CT molecular complexity index is 722. The largest absolute Gasteiger partial charge is 0.573 e. The van der Waals surface area contributed by atoms with E-state index in [1.807, 2.05) is 6.07 Å². The van der Waals surface area contributed by atoms with Crippen LogP contribution in [0.15, 0.2) is 47.6 Å². The number of ether oxygens (including phenoxy) is 1. The van der Waals surface area contributed by atoms with E-state index < -0.39 is 6.36 Å². The number of alkyl halides is 3. The highest BCUT2D eigenvalue weighted by atomic mass is 19.4. The standard InChI is InChI=1S/C14H8F3N3O2/c15-14(16,17)22-12-5-3-10(4-6-12)19-11-2-1-9(8-18)13(7-11)20-21/h1-7,19H. The maximum Gasteiger partial charge on any atom is 0.573 e. The van der Waals surface area contributed by atoms with E-state index in [1.165, 1.54) is 24.3 Å². The molecule has 22 heavy (non-hydrogen) atoms. The van der Waals surface area contributed by atoms with Crippen molar-refractivity contribution in [1.29, 1.82) is 5.26 Å². The number of hydrogen-bond donors (Lipinski definition) is 1. The highest BCUT2D eigenvalue weighted by Crippen LogP contribution is 2.27. The maximum atomic E-state index is 12.0. The van der Waals surface area contributed by atoms with Crippen molar-refractivity contribution < 1.29 is 17.9 Å². The van der Waals surface area contributed by atoms with Crippen LogP contribution in [0.5, 0.6) is 5.75 Å². The third-order valence-corrected chi connectivity index (χ3v) is 2.59.